The zero-order valence-electron chi connectivity index (χ0n) is 19.4. The van der Waals surface area contributed by atoms with Crippen LogP contribution in [0.3, 0.4) is 0 Å². The molecule has 2 aliphatic carbocycles. The average Bonchev–Trinajstić information content (AvgIpc) is 2.83. The van der Waals surface area contributed by atoms with Gasteiger partial charge in [-0.25, -0.2) is 0 Å². The second-order valence-corrected chi connectivity index (χ2v) is 9.77. The number of benzene rings is 3. The highest BCUT2D eigenvalue weighted by Crippen LogP contribution is 2.39. The molecular formula is C32H34. The Balaban J connectivity index is 1.51. The number of hydrogen-bond acceptors (Lipinski definition) is 0. The summed E-state index contributed by atoms with van der Waals surface area (Å²) < 4.78 is 0. The van der Waals surface area contributed by atoms with E-state index in [4.69, 9.17) is 0 Å². The monoisotopic (exact) mass is 418 g/mol. The molecule has 0 atom stereocenters. The summed E-state index contributed by atoms with van der Waals surface area (Å²) in [6.45, 7) is 10.7. The Morgan fingerprint density at radius 2 is 1.41 bits per heavy atom. The molecule has 0 spiro atoms. The van der Waals surface area contributed by atoms with Gasteiger partial charge in [0.15, 0.2) is 0 Å². The highest BCUT2D eigenvalue weighted by Gasteiger charge is 2.19. The highest BCUT2D eigenvalue weighted by atomic mass is 14.2. The molecule has 0 aromatic heterocycles. The van der Waals surface area contributed by atoms with Crippen LogP contribution in [0.15, 0.2) is 78.9 Å². The van der Waals surface area contributed by atoms with Crippen molar-refractivity contribution in [1.82, 2.24) is 0 Å². The van der Waals surface area contributed by atoms with E-state index >= 15 is 0 Å². The number of hydrogen-bond donors (Lipinski definition) is 0. The fourth-order valence-corrected chi connectivity index (χ4v) is 5.86. The predicted molar refractivity (Wildman–Crippen MR) is 141 cm³/mol. The number of fused-ring (bicyclic) bond motifs is 1. The van der Waals surface area contributed by atoms with Gasteiger partial charge >= 0.3 is 0 Å². The predicted octanol–water partition coefficient (Wildman–Crippen LogP) is 9.71. The average molecular weight is 419 g/mol. The van der Waals surface area contributed by atoms with Crippen molar-refractivity contribution in [2.45, 2.75) is 64.2 Å². The Hall–Kier alpha value is -2.86. The summed E-state index contributed by atoms with van der Waals surface area (Å²) in [4.78, 5) is 0. The minimum atomic E-state index is 0.680. The van der Waals surface area contributed by atoms with Crippen LogP contribution in [0.4, 0.5) is 0 Å². The van der Waals surface area contributed by atoms with Crippen LogP contribution in [-0.4, -0.2) is 0 Å². The highest BCUT2D eigenvalue weighted by molar-refractivity contribution is 5.92. The molecule has 1 saturated carbocycles. The molecule has 0 amide bonds. The van der Waals surface area contributed by atoms with Crippen LogP contribution in [0.1, 0.15) is 80.9 Å². The fourth-order valence-electron chi connectivity index (χ4n) is 5.86. The van der Waals surface area contributed by atoms with E-state index in [9.17, 15) is 0 Å². The molecule has 0 heteroatoms. The van der Waals surface area contributed by atoms with Crippen molar-refractivity contribution in [3.05, 3.63) is 95.6 Å². The largest absolute Gasteiger partial charge is 0.0985 e. The summed E-state index contributed by atoms with van der Waals surface area (Å²) in [7, 11) is 0. The first kappa shape index (κ1) is 21.0. The molecule has 2 aliphatic rings. The molecule has 0 aliphatic heterocycles. The van der Waals surface area contributed by atoms with E-state index in [0.29, 0.717) is 5.92 Å². The van der Waals surface area contributed by atoms with Crippen LogP contribution < -0.4 is 0 Å². The van der Waals surface area contributed by atoms with Gasteiger partial charge in [0.25, 0.3) is 0 Å². The van der Waals surface area contributed by atoms with Crippen LogP contribution in [0, 0.1) is 0 Å². The molecule has 1 fully saturated rings. The van der Waals surface area contributed by atoms with Gasteiger partial charge in [-0.3, -0.25) is 0 Å². The van der Waals surface area contributed by atoms with Gasteiger partial charge in [0.05, 0.1) is 0 Å². The summed E-state index contributed by atoms with van der Waals surface area (Å²) in [6.07, 6.45) is 12.3. The third-order valence-corrected chi connectivity index (χ3v) is 7.62. The van der Waals surface area contributed by atoms with Crippen molar-refractivity contribution in [2.75, 3.05) is 0 Å². The minimum Gasteiger partial charge on any atom is -0.0985 e. The van der Waals surface area contributed by atoms with E-state index in [-0.39, 0.29) is 0 Å². The third kappa shape index (κ3) is 3.99. The first-order valence-electron chi connectivity index (χ1n) is 12.3. The van der Waals surface area contributed by atoms with Crippen molar-refractivity contribution >= 4 is 22.4 Å². The molecule has 3 aromatic rings. The lowest BCUT2D eigenvalue weighted by molar-refractivity contribution is 0.443. The van der Waals surface area contributed by atoms with E-state index in [0.717, 1.165) is 6.42 Å². The van der Waals surface area contributed by atoms with Gasteiger partial charge in [-0.2, -0.15) is 0 Å². The maximum absolute atomic E-state index is 4.35. The van der Waals surface area contributed by atoms with E-state index in [1.165, 1.54) is 100 Å². The lowest BCUT2D eigenvalue weighted by Gasteiger charge is -2.24. The molecular weight excluding hydrogens is 384 g/mol. The Labute approximate surface area is 193 Å². The van der Waals surface area contributed by atoms with Crippen molar-refractivity contribution in [1.29, 1.82) is 0 Å². The summed E-state index contributed by atoms with van der Waals surface area (Å²) in [5.41, 5.74) is 10.9. The third-order valence-electron chi connectivity index (χ3n) is 7.62. The molecule has 0 unspecified atom stereocenters. The van der Waals surface area contributed by atoms with Gasteiger partial charge in [-0.05, 0) is 107 Å². The normalized spacial score (nSPS) is 17.7. The van der Waals surface area contributed by atoms with Crippen LogP contribution in [-0.2, 0) is 0 Å². The summed E-state index contributed by atoms with van der Waals surface area (Å²) in [6, 6.07) is 20.8. The lowest BCUT2D eigenvalue weighted by atomic mass is 9.81. The fraction of sp³-hybridized carbons (Fsp3) is 0.312. The Bertz CT molecular complexity index is 1210. The number of allylic oxidation sites excluding steroid dienone is 3. The van der Waals surface area contributed by atoms with E-state index < -0.39 is 0 Å². The van der Waals surface area contributed by atoms with Gasteiger partial charge in [0, 0.05) is 0 Å². The Kier molecular flexibility index (Phi) is 5.87. The van der Waals surface area contributed by atoms with E-state index in [2.05, 4.69) is 74.7 Å². The zero-order chi connectivity index (χ0) is 22.1. The van der Waals surface area contributed by atoms with Crippen LogP contribution in [0.25, 0.3) is 33.5 Å². The zero-order valence-corrected chi connectivity index (χ0v) is 19.4. The maximum atomic E-state index is 4.35. The topological polar surface area (TPSA) is 0 Å². The van der Waals surface area contributed by atoms with Gasteiger partial charge in [-0.15, -0.1) is 0 Å². The Morgan fingerprint density at radius 3 is 2.12 bits per heavy atom. The van der Waals surface area contributed by atoms with Gasteiger partial charge < -0.3 is 0 Å². The summed E-state index contributed by atoms with van der Waals surface area (Å²) in [5.74, 6) is 0.680. The van der Waals surface area contributed by atoms with Crippen molar-refractivity contribution in [3.63, 3.8) is 0 Å². The van der Waals surface area contributed by atoms with Crippen LogP contribution in [0.2, 0.25) is 0 Å². The first-order valence-corrected chi connectivity index (χ1v) is 12.3. The second-order valence-electron chi connectivity index (χ2n) is 9.77. The maximum Gasteiger partial charge on any atom is -0.0156 e. The lowest BCUT2D eigenvalue weighted by Crippen LogP contribution is -2.06. The molecule has 162 valence electrons. The number of rotatable bonds is 4. The molecule has 5 rings (SSSR count). The van der Waals surface area contributed by atoms with Crippen molar-refractivity contribution < 1.29 is 0 Å². The van der Waals surface area contributed by atoms with Crippen LogP contribution in [0.5, 0.6) is 0 Å². The quantitative estimate of drug-likeness (QED) is 0.395. The Morgan fingerprint density at radius 1 is 0.750 bits per heavy atom. The van der Waals surface area contributed by atoms with Gasteiger partial charge in [0.2, 0.25) is 0 Å². The molecule has 3 aromatic carbocycles. The molecule has 0 nitrogen and oxygen atoms in total. The van der Waals surface area contributed by atoms with Gasteiger partial charge in [0.1, 0.15) is 0 Å². The molecule has 0 heterocycles. The van der Waals surface area contributed by atoms with Gasteiger partial charge in [-0.1, -0.05) is 86.5 Å². The minimum absolute atomic E-state index is 0.680. The summed E-state index contributed by atoms with van der Waals surface area (Å²) >= 11 is 0. The standard InChI is InChI=1S/C32H34/c1-4-24-13-14-29(21-31(24)25-11-6-5-7-12-25)27-15-16-28-20-30(18-17-26(28)19-27)32-22(2)9-8-10-23(32)3/h4,13-21,25H,1-2,5-12H2,3H3. The molecule has 0 N–H and O–H groups in total. The smallest absolute Gasteiger partial charge is 0.0156 e. The second kappa shape index (κ2) is 8.94. The summed E-state index contributed by atoms with van der Waals surface area (Å²) in [5, 5.41) is 2.61. The van der Waals surface area contributed by atoms with E-state index in [1.807, 2.05) is 6.08 Å². The van der Waals surface area contributed by atoms with Crippen molar-refractivity contribution in [3.8, 4) is 11.1 Å². The molecule has 0 saturated heterocycles. The molecule has 0 bridgehead atoms. The van der Waals surface area contributed by atoms with Crippen LogP contribution >= 0.6 is 0 Å². The SMILES string of the molecule is C=Cc1ccc(-c2ccc3cc(C4=C(C)CCCC4=C)ccc3c2)cc1C1CCCCC1. The van der Waals surface area contributed by atoms with Crippen molar-refractivity contribution in [2.24, 2.45) is 0 Å². The molecule has 32 heavy (non-hydrogen) atoms. The van der Waals surface area contributed by atoms with E-state index in [1.54, 1.807) is 0 Å². The molecule has 0 radical (unpaired) electrons. The first-order chi connectivity index (χ1) is 15.6.